The lowest BCUT2D eigenvalue weighted by Crippen LogP contribution is -2.08. The average Bonchev–Trinajstić information content (AvgIpc) is 3.37. The molecular weight excluding hydrogens is 444 g/mol. The second-order valence-electron chi connectivity index (χ2n) is 8.46. The average molecular weight is 469 g/mol. The summed E-state index contributed by atoms with van der Waals surface area (Å²) < 4.78 is 2.03. The molecule has 0 saturated carbocycles. The highest BCUT2D eigenvalue weighted by atomic mass is 32.2. The largest absolute Gasteiger partial charge is 0.325 e. The number of ketones is 1. The van der Waals surface area contributed by atoms with Gasteiger partial charge in [-0.2, -0.15) is 0 Å². The number of fused-ring (bicyclic) bond motifs is 1. The number of amides is 1. The van der Waals surface area contributed by atoms with Gasteiger partial charge >= 0.3 is 0 Å². The van der Waals surface area contributed by atoms with Crippen molar-refractivity contribution < 1.29 is 9.59 Å². The van der Waals surface area contributed by atoms with Crippen molar-refractivity contribution in [3.8, 4) is 5.69 Å². The van der Waals surface area contributed by atoms with Gasteiger partial charge in [-0.3, -0.25) is 14.2 Å². The molecule has 1 amide bonds. The van der Waals surface area contributed by atoms with Crippen LogP contribution in [0.25, 0.3) is 5.69 Å². The lowest BCUT2D eigenvalue weighted by molar-refractivity contribution is -0.116. The fourth-order valence-electron chi connectivity index (χ4n) is 4.12. The highest BCUT2D eigenvalue weighted by Gasteiger charge is 2.27. The SMILES string of the molecule is Cc1cccc(-n2c(Cc3ccccc3)nnc2SCC(=O)c2ccc3c(c2)[C@@H](C)C(=O)N3)c1. The van der Waals surface area contributed by atoms with E-state index in [-0.39, 0.29) is 23.4 Å². The molecule has 1 aliphatic rings. The van der Waals surface area contributed by atoms with Gasteiger partial charge in [-0.1, -0.05) is 54.2 Å². The predicted molar refractivity (Wildman–Crippen MR) is 134 cm³/mol. The molecule has 4 aromatic rings. The second-order valence-corrected chi connectivity index (χ2v) is 9.40. The molecule has 0 aliphatic carbocycles. The number of aryl methyl sites for hydroxylation is 1. The molecule has 0 radical (unpaired) electrons. The van der Waals surface area contributed by atoms with Gasteiger partial charge in [-0.05, 0) is 60.9 Å². The van der Waals surface area contributed by atoms with Gasteiger partial charge in [0.1, 0.15) is 5.82 Å². The van der Waals surface area contributed by atoms with Crippen LogP contribution in [0.3, 0.4) is 0 Å². The van der Waals surface area contributed by atoms with Gasteiger partial charge in [0.2, 0.25) is 5.91 Å². The summed E-state index contributed by atoms with van der Waals surface area (Å²) in [4.78, 5) is 25.0. The van der Waals surface area contributed by atoms with Gasteiger partial charge < -0.3 is 5.32 Å². The second kappa shape index (κ2) is 9.27. The predicted octanol–water partition coefficient (Wildman–Crippen LogP) is 5.20. The van der Waals surface area contributed by atoms with E-state index in [1.807, 2.05) is 54.0 Å². The molecule has 6 nitrogen and oxygen atoms in total. The minimum absolute atomic E-state index is 0.0113. The number of nitrogens with zero attached hydrogens (tertiary/aromatic N) is 3. The number of carbonyl (C=O) groups excluding carboxylic acids is 2. The van der Waals surface area contributed by atoms with Crippen molar-refractivity contribution in [3.05, 3.63) is 101 Å². The van der Waals surface area contributed by atoms with E-state index in [9.17, 15) is 9.59 Å². The van der Waals surface area contributed by atoms with Crippen LogP contribution in [0.1, 0.15) is 45.7 Å². The molecule has 0 bridgehead atoms. The lowest BCUT2D eigenvalue weighted by Gasteiger charge is -2.11. The highest BCUT2D eigenvalue weighted by molar-refractivity contribution is 7.99. The molecule has 7 heteroatoms. The number of Topliss-reactive ketones (excluding diaryl/α,β-unsaturated/α-hetero) is 1. The number of nitrogens with one attached hydrogen (secondary N) is 1. The molecule has 1 aromatic heterocycles. The maximum atomic E-state index is 13.0. The van der Waals surface area contributed by atoms with E-state index in [0.717, 1.165) is 33.9 Å². The molecule has 1 aliphatic heterocycles. The first-order valence-electron chi connectivity index (χ1n) is 11.2. The van der Waals surface area contributed by atoms with Crippen LogP contribution >= 0.6 is 11.8 Å². The molecular formula is C27H24N4O2S. The fourth-order valence-corrected chi connectivity index (χ4v) is 4.98. The van der Waals surface area contributed by atoms with Crippen LogP contribution in [-0.2, 0) is 11.2 Å². The van der Waals surface area contributed by atoms with Crippen molar-refractivity contribution in [1.82, 2.24) is 14.8 Å². The van der Waals surface area contributed by atoms with Crippen molar-refractivity contribution in [2.45, 2.75) is 31.3 Å². The number of benzene rings is 3. The Labute approximate surface area is 202 Å². The Hall–Kier alpha value is -3.71. The highest BCUT2D eigenvalue weighted by Crippen LogP contribution is 2.33. The number of rotatable bonds is 7. The summed E-state index contributed by atoms with van der Waals surface area (Å²) in [7, 11) is 0. The van der Waals surface area contributed by atoms with Crippen molar-refractivity contribution in [1.29, 1.82) is 0 Å². The van der Waals surface area contributed by atoms with Crippen molar-refractivity contribution in [2.24, 2.45) is 0 Å². The van der Waals surface area contributed by atoms with Gasteiger partial charge in [0.15, 0.2) is 10.9 Å². The maximum Gasteiger partial charge on any atom is 0.231 e. The zero-order valence-electron chi connectivity index (χ0n) is 19.0. The van der Waals surface area contributed by atoms with E-state index in [2.05, 4.69) is 46.7 Å². The Bertz CT molecular complexity index is 1380. The Kier molecular flexibility index (Phi) is 6.02. The number of aromatic nitrogens is 3. The molecule has 0 unspecified atom stereocenters. The van der Waals surface area contributed by atoms with Crippen LogP contribution in [0.15, 0.2) is 78.0 Å². The van der Waals surface area contributed by atoms with E-state index in [4.69, 9.17) is 0 Å². The fraction of sp³-hybridized carbons (Fsp3) is 0.185. The molecule has 2 heterocycles. The van der Waals surface area contributed by atoms with Gasteiger partial charge in [0.05, 0.1) is 11.7 Å². The summed E-state index contributed by atoms with van der Waals surface area (Å²) in [5.74, 6) is 0.751. The number of thioether (sulfide) groups is 1. The molecule has 170 valence electrons. The Balaban J connectivity index is 1.41. The lowest BCUT2D eigenvalue weighted by atomic mass is 9.99. The number of hydrogen-bond acceptors (Lipinski definition) is 5. The van der Waals surface area contributed by atoms with E-state index < -0.39 is 0 Å². The standard InChI is InChI=1S/C27H24N4O2S/c1-17-7-6-10-21(13-17)31-25(14-19-8-4-3-5-9-19)29-30-27(31)34-16-24(32)20-11-12-23-22(15-20)18(2)26(33)28-23/h3-13,15,18H,14,16H2,1-2H3,(H,28,33)/t18-/m1/s1. The van der Waals surface area contributed by atoms with E-state index in [1.54, 1.807) is 6.07 Å². The molecule has 5 rings (SSSR count). The van der Waals surface area contributed by atoms with Crippen LogP contribution in [0, 0.1) is 6.92 Å². The molecule has 1 N–H and O–H groups in total. The van der Waals surface area contributed by atoms with E-state index in [0.29, 0.717) is 17.1 Å². The summed E-state index contributed by atoms with van der Waals surface area (Å²) in [5.41, 5.74) is 5.51. The molecule has 0 saturated heterocycles. The van der Waals surface area contributed by atoms with Crippen molar-refractivity contribution in [3.63, 3.8) is 0 Å². The number of anilines is 1. The summed E-state index contributed by atoms with van der Waals surface area (Å²) in [6.45, 7) is 3.90. The maximum absolute atomic E-state index is 13.0. The van der Waals surface area contributed by atoms with Gasteiger partial charge in [0.25, 0.3) is 0 Å². The minimum Gasteiger partial charge on any atom is -0.325 e. The topological polar surface area (TPSA) is 76.9 Å². The van der Waals surface area contributed by atoms with Gasteiger partial charge in [-0.25, -0.2) is 0 Å². The van der Waals surface area contributed by atoms with E-state index >= 15 is 0 Å². The first-order chi connectivity index (χ1) is 16.5. The third-order valence-electron chi connectivity index (χ3n) is 5.99. The van der Waals surface area contributed by atoms with Crippen LogP contribution in [0.2, 0.25) is 0 Å². The molecule has 0 fully saturated rings. The molecule has 34 heavy (non-hydrogen) atoms. The summed E-state index contributed by atoms with van der Waals surface area (Å²) >= 11 is 1.37. The summed E-state index contributed by atoms with van der Waals surface area (Å²) in [5, 5.41) is 12.4. The zero-order valence-corrected chi connectivity index (χ0v) is 19.8. The minimum atomic E-state index is -0.250. The first-order valence-corrected chi connectivity index (χ1v) is 12.1. The quantitative estimate of drug-likeness (QED) is 0.298. The van der Waals surface area contributed by atoms with Crippen LogP contribution in [-0.4, -0.2) is 32.2 Å². The van der Waals surface area contributed by atoms with Gasteiger partial charge in [-0.15, -0.1) is 10.2 Å². The molecule has 3 aromatic carbocycles. The van der Waals surface area contributed by atoms with Crippen molar-refractivity contribution >= 4 is 29.1 Å². The van der Waals surface area contributed by atoms with Crippen LogP contribution < -0.4 is 5.32 Å². The zero-order chi connectivity index (χ0) is 23.7. The Morgan fingerprint density at radius 2 is 1.85 bits per heavy atom. The smallest absolute Gasteiger partial charge is 0.231 e. The normalized spacial score (nSPS) is 14.6. The van der Waals surface area contributed by atoms with Gasteiger partial charge in [0, 0.05) is 23.4 Å². The third kappa shape index (κ3) is 4.39. The molecule has 0 spiro atoms. The Morgan fingerprint density at radius 3 is 2.65 bits per heavy atom. The van der Waals surface area contributed by atoms with E-state index in [1.165, 1.54) is 11.8 Å². The number of hydrogen-bond donors (Lipinski definition) is 1. The monoisotopic (exact) mass is 468 g/mol. The van der Waals surface area contributed by atoms with Crippen molar-refractivity contribution in [2.75, 3.05) is 11.1 Å². The number of carbonyl (C=O) groups is 2. The summed E-state index contributed by atoms with van der Waals surface area (Å²) in [6, 6.07) is 23.7. The third-order valence-corrected chi connectivity index (χ3v) is 6.92. The van der Waals surface area contributed by atoms with Crippen LogP contribution in [0.5, 0.6) is 0 Å². The molecule has 1 atom stereocenters. The Morgan fingerprint density at radius 1 is 1.03 bits per heavy atom. The van der Waals surface area contributed by atoms with Crippen LogP contribution in [0.4, 0.5) is 5.69 Å². The summed E-state index contributed by atoms with van der Waals surface area (Å²) in [6.07, 6.45) is 0.639. The first kappa shape index (κ1) is 22.1.